The van der Waals surface area contributed by atoms with Gasteiger partial charge in [0.25, 0.3) is 0 Å². The Bertz CT molecular complexity index is 777. The van der Waals surface area contributed by atoms with Crippen molar-refractivity contribution in [3.8, 4) is 11.3 Å². The summed E-state index contributed by atoms with van der Waals surface area (Å²) in [6.45, 7) is 13.3. The molecular weight excluding hydrogens is 348 g/mol. The summed E-state index contributed by atoms with van der Waals surface area (Å²) in [7, 11) is 2.10. The molecular formula is C23H34N4O. The van der Waals surface area contributed by atoms with Gasteiger partial charge < -0.3 is 9.64 Å². The summed E-state index contributed by atoms with van der Waals surface area (Å²) < 4.78 is 7.62. The fourth-order valence-corrected chi connectivity index (χ4v) is 4.83. The van der Waals surface area contributed by atoms with E-state index in [1.54, 1.807) is 0 Å². The number of fused-ring (bicyclic) bond motifs is 1. The van der Waals surface area contributed by atoms with E-state index in [4.69, 9.17) is 9.84 Å². The minimum Gasteiger partial charge on any atom is -0.379 e. The normalized spacial score (nSPS) is 19.4. The molecule has 2 aliphatic heterocycles. The van der Waals surface area contributed by atoms with E-state index in [-0.39, 0.29) is 5.41 Å². The zero-order chi connectivity index (χ0) is 19.6. The lowest BCUT2D eigenvalue weighted by Crippen LogP contribution is -2.46. The number of benzene rings is 1. The van der Waals surface area contributed by atoms with Gasteiger partial charge in [0.05, 0.1) is 18.9 Å². The highest BCUT2D eigenvalue weighted by Crippen LogP contribution is 2.29. The Morgan fingerprint density at radius 1 is 0.929 bits per heavy atom. The third kappa shape index (κ3) is 4.48. The molecule has 1 fully saturated rings. The van der Waals surface area contributed by atoms with Gasteiger partial charge in [0.2, 0.25) is 0 Å². The first kappa shape index (κ1) is 19.6. The van der Waals surface area contributed by atoms with Crippen LogP contribution in [0, 0.1) is 5.41 Å². The third-order valence-electron chi connectivity index (χ3n) is 6.07. The van der Waals surface area contributed by atoms with Crippen LogP contribution < -0.4 is 0 Å². The third-order valence-corrected chi connectivity index (χ3v) is 6.07. The van der Waals surface area contributed by atoms with Crippen LogP contribution >= 0.6 is 0 Å². The van der Waals surface area contributed by atoms with E-state index in [9.17, 15) is 0 Å². The fraction of sp³-hybridized carbons (Fsp3) is 0.609. The molecule has 5 nitrogen and oxygen atoms in total. The lowest BCUT2D eigenvalue weighted by molar-refractivity contribution is 0.0152. The van der Waals surface area contributed by atoms with Gasteiger partial charge >= 0.3 is 0 Å². The molecule has 2 aromatic rings. The molecule has 0 amide bonds. The Hall–Kier alpha value is -1.69. The second-order valence-corrected chi connectivity index (χ2v) is 9.09. The Labute approximate surface area is 169 Å². The van der Waals surface area contributed by atoms with Crippen molar-refractivity contribution in [3.63, 3.8) is 0 Å². The number of ether oxygens (including phenoxy) is 1. The van der Waals surface area contributed by atoms with E-state index in [0.717, 1.165) is 65.3 Å². The summed E-state index contributed by atoms with van der Waals surface area (Å²) in [4.78, 5) is 5.22. The molecule has 0 saturated carbocycles. The molecule has 5 heteroatoms. The van der Waals surface area contributed by atoms with Gasteiger partial charge in [-0.3, -0.25) is 9.58 Å². The minimum absolute atomic E-state index is 0.286. The van der Waals surface area contributed by atoms with E-state index in [1.165, 1.54) is 22.5 Å². The fourth-order valence-electron chi connectivity index (χ4n) is 4.83. The average Bonchev–Trinajstić information content (AvgIpc) is 2.86. The molecule has 4 rings (SSSR count). The average molecular weight is 383 g/mol. The van der Waals surface area contributed by atoms with Gasteiger partial charge in [-0.15, -0.1) is 0 Å². The first-order valence-corrected chi connectivity index (χ1v) is 10.6. The maximum Gasteiger partial charge on any atom is 0.0958 e. The number of hydrogen-bond acceptors (Lipinski definition) is 4. The van der Waals surface area contributed by atoms with Crippen molar-refractivity contribution in [2.75, 3.05) is 52.5 Å². The highest BCUT2D eigenvalue weighted by Gasteiger charge is 2.28. The highest BCUT2D eigenvalue weighted by molar-refractivity contribution is 5.64. The molecule has 0 radical (unpaired) electrons. The van der Waals surface area contributed by atoms with Gasteiger partial charge in [-0.1, -0.05) is 44.2 Å². The number of aryl methyl sites for hydroxylation is 1. The van der Waals surface area contributed by atoms with Crippen LogP contribution in [-0.2, 0) is 24.6 Å². The molecule has 0 atom stereocenters. The van der Waals surface area contributed by atoms with Gasteiger partial charge in [0.15, 0.2) is 0 Å². The van der Waals surface area contributed by atoms with Gasteiger partial charge in [-0.05, 0) is 11.8 Å². The monoisotopic (exact) mass is 382 g/mol. The first-order chi connectivity index (χ1) is 13.5. The molecule has 0 spiro atoms. The summed E-state index contributed by atoms with van der Waals surface area (Å²) in [5, 5.41) is 4.86. The van der Waals surface area contributed by atoms with E-state index in [2.05, 4.69) is 65.7 Å². The van der Waals surface area contributed by atoms with Crippen LogP contribution in [0.15, 0.2) is 30.3 Å². The van der Waals surface area contributed by atoms with Crippen LogP contribution in [0.1, 0.15) is 25.1 Å². The van der Waals surface area contributed by atoms with Crippen LogP contribution in [0.4, 0.5) is 0 Å². The molecule has 0 N–H and O–H groups in total. The maximum atomic E-state index is 5.51. The van der Waals surface area contributed by atoms with Crippen LogP contribution in [0.25, 0.3) is 11.3 Å². The van der Waals surface area contributed by atoms with Gasteiger partial charge in [-0.25, -0.2) is 0 Å². The summed E-state index contributed by atoms with van der Waals surface area (Å²) in [6.07, 6.45) is 2.17. The van der Waals surface area contributed by atoms with Crippen molar-refractivity contribution in [2.45, 2.75) is 26.7 Å². The Morgan fingerprint density at radius 2 is 1.57 bits per heavy atom. The quantitative estimate of drug-likeness (QED) is 0.796. The maximum absolute atomic E-state index is 5.51. The van der Waals surface area contributed by atoms with Crippen molar-refractivity contribution in [2.24, 2.45) is 12.5 Å². The second kappa shape index (κ2) is 8.36. The molecule has 1 aromatic heterocycles. The predicted octanol–water partition coefficient (Wildman–Crippen LogP) is 2.85. The summed E-state index contributed by atoms with van der Waals surface area (Å²) in [5.41, 5.74) is 5.55. The largest absolute Gasteiger partial charge is 0.379 e. The van der Waals surface area contributed by atoms with Crippen LogP contribution in [0.5, 0.6) is 0 Å². The number of aromatic nitrogens is 2. The van der Waals surface area contributed by atoms with E-state index in [0.29, 0.717) is 0 Å². The molecule has 0 bridgehead atoms. The molecule has 1 aromatic carbocycles. The SMILES string of the molecule is Cn1nc(-c2ccccc2)c2c1CCN(CC(C)(C)CN1CCOCC1)CC2. The Kier molecular flexibility index (Phi) is 5.85. The Morgan fingerprint density at radius 3 is 2.29 bits per heavy atom. The summed E-state index contributed by atoms with van der Waals surface area (Å²) in [5.74, 6) is 0. The molecule has 1 saturated heterocycles. The number of morpholine rings is 1. The number of hydrogen-bond donors (Lipinski definition) is 0. The zero-order valence-electron chi connectivity index (χ0n) is 17.7. The van der Waals surface area contributed by atoms with Crippen molar-refractivity contribution < 1.29 is 4.74 Å². The van der Waals surface area contributed by atoms with Crippen molar-refractivity contribution in [1.82, 2.24) is 19.6 Å². The predicted molar refractivity (Wildman–Crippen MR) is 114 cm³/mol. The number of nitrogens with zero attached hydrogens (tertiary/aromatic N) is 4. The number of rotatable bonds is 5. The lowest BCUT2D eigenvalue weighted by Gasteiger charge is -2.38. The van der Waals surface area contributed by atoms with Gasteiger partial charge in [-0.2, -0.15) is 5.10 Å². The van der Waals surface area contributed by atoms with E-state index in [1.807, 2.05) is 0 Å². The minimum atomic E-state index is 0.286. The molecule has 152 valence electrons. The molecule has 2 aliphatic rings. The first-order valence-electron chi connectivity index (χ1n) is 10.6. The topological polar surface area (TPSA) is 33.5 Å². The van der Waals surface area contributed by atoms with Gasteiger partial charge in [0, 0.05) is 69.6 Å². The molecule has 0 unspecified atom stereocenters. The van der Waals surface area contributed by atoms with Crippen LogP contribution in [0.2, 0.25) is 0 Å². The van der Waals surface area contributed by atoms with E-state index >= 15 is 0 Å². The standard InChI is InChI=1S/C23H34N4O/c1-23(2,18-27-13-15-28-16-14-27)17-26-11-9-20-21(10-12-26)25(3)24-22(20)19-7-5-4-6-8-19/h4-8H,9-18H2,1-3H3. The van der Waals surface area contributed by atoms with Crippen molar-refractivity contribution in [3.05, 3.63) is 41.6 Å². The second-order valence-electron chi connectivity index (χ2n) is 9.09. The van der Waals surface area contributed by atoms with Crippen molar-refractivity contribution >= 4 is 0 Å². The van der Waals surface area contributed by atoms with E-state index < -0.39 is 0 Å². The lowest BCUT2D eigenvalue weighted by atomic mass is 9.91. The molecule has 28 heavy (non-hydrogen) atoms. The molecule has 0 aliphatic carbocycles. The summed E-state index contributed by atoms with van der Waals surface area (Å²) in [6, 6.07) is 10.6. The van der Waals surface area contributed by atoms with Gasteiger partial charge in [0.1, 0.15) is 0 Å². The smallest absolute Gasteiger partial charge is 0.0958 e. The van der Waals surface area contributed by atoms with Crippen LogP contribution in [-0.4, -0.2) is 72.1 Å². The van der Waals surface area contributed by atoms with Crippen LogP contribution in [0.3, 0.4) is 0 Å². The molecule has 3 heterocycles. The van der Waals surface area contributed by atoms with Crippen molar-refractivity contribution in [1.29, 1.82) is 0 Å². The Balaban J connectivity index is 1.43. The highest BCUT2D eigenvalue weighted by atomic mass is 16.5. The summed E-state index contributed by atoms with van der Waals surface area (Å²) >= 11 is 0. The zero-order valence-corrected chi connectivity index (χ0v) is 17.7.